The van der Waals surface area contributed by atoms with Crippen molar-refractivity contribution in [3.8, 4) is 33.4 Å². The first-order valence-electron chi connectivity index (χ1n) is 15.1. The molecule has 0 spiro atoms. The minimum absolute atomic E-state index is 1.23. The fraction of sp³-hybridized carbons (Fsp3) is 0. The molecule has 0 aliphatic carbocycles. The molecule has 0 aliphatic heterocycles. The number of fused-ring (bicyclic) bond motifs is 9. The topological polar surface area (TPSA) is 4.41 Å². The molecule has 0 saturated carbocycles. The molecule has 3 heterocycles. The third kappa shape index (κ3) is 3.35. The maximum absolute atomic E-state index is 2.44. The van der Waals surface area contributed by atoms with Crippen LogP contribution in [0, 0.1) is 0 Å². The molecule has 10 rings (SSSR count). The predicted octanol–water partition coefficient (Wildman–Crippen LogP) is 12.2. The van der Waals surface area contributed by atoms with Gasteiger partial charge in [-0.25, -0.2) is 0 Å². The monoisotopic (exact) mass is 575 g/mol. The number of thiophene rings is 1. The highest BCUT2D eigenvalue weighted by molar-refractivity contribution is 7.26. The van der Waals surface area contributed by atoms with Gasteiger partial charge in [-0.2, -0.15) is 0 Å². The Hall–Kier alpha value is -5.44. The van der Waals surface area contributed by atoms with Crippen LogP contribution in [0.15, 0.2) is 152 Å². The summed E-state index contributed by atoms with van der Waals surface area (Å²) in [4.78, 5) is 0. The maximum Gasteiger partial charge on any atom is 0.0620 e. The second-order valence-electron chi connectivity index (χ2n) is 11.7. The minimum atomic E-state index is 1.23. The molecule has 2 heteroatoms. The van der Waals surface area contributed by atoms with E-state index in [-0.39, 0.29) is 0 Å². The zero-order valence-electron chi connectivity index (χ0n) is 23.8. The van der Waals surface area contributed by atoms with Gasteiger partial charge in [0.05, 0.1) is 16.6 Å². The van der Waals surface area contributed by atoms with Gasteiger partial charge in [0, 0.05) is 41.7 Å². The lowest BCUT2D eigenvalue weighted by Crippen LogP contribution is -1.84. The third-order valence-corrected chi connectivity index (χ3v) is 10.5. The summed E-state index contributed by atoms with van der Waals surface area (Å²) < 4.78 is 5.13. The predicted molar refractivity (Wildman–Crippen MR) is 190 cm³/mol. The zero-order chi connectivity index (χ0) is 28.8. The lowest BCUT2D eigenvalue weighted by molar-refractivity contribution is 1.37. The van der Waals surface area contributed by atoms with E-state index in [4.69, 9.17) is 0 Å². The van der Waals surface area contributed by atoms with Crippen LogP contribution in [0.5, 0.6) is 0 Å². The van der Waals surface area contributed by atoms with Crippen molar-refractivity contribution in [3.05, 3.63) is 152 Å². The minimum Gasteiger partial charge on any atom is -0.308 e. The number of nitrogens with zero attached hydrogens (tertiary/aromatic N) is 1. The molecule has 10 aromatic rings. The molecule has 44 heavy (non-hydrogen) atoms. The van der Waals surface area contributed by atoms with Gasteiger partial charge in [-0.05, 0) is 75.8 Å². The van der Waals surface area contributed by atoms with Crippen LogP contribution in [0.2, 0.25) is 0 Å². The fourth-order valence-electron chi connectivity index (χ4n) is 7.34. The van der Waals surface area contributed by atoms with Crippen molar-refractivity contribution in [2.24, 2.45) is 0 Å². The van der Waals surface area contributed by atoms with E-state index < -0.39 is 0 Å². The Morgan fingerprint density at radius 3 is 1.59 bits per heavy atom. The number of aromatic nitrogens is 1. The van der Waals surface area contributed by atoms with Crippen LogP contribution in [-0.2, 0) is 0 Å². The van der Waals surface area contributed by atoms with Crippen molar-refractivity contribution in [1.82, 2.24) is 4.40 Å². The maximum atomic E-state index is 2.44. The molecule has 7 aromatic carbocycles. The highest BCUT2D eigenvalue weighted by atomic mass is 32.1. The molecule has 0 bridgehead atoms. The van der Waals surface area contributed by atoms with E-state index in [0.717, 1.165) is 0 Å². The van der Waals surface area contributed by atoms with E-state index in [9.17, 15) is 0 Å². The molecule has 0 atom stereocenters. The summed E-state index contributed by atoms with van der Waals surface area (Å²) in [5.41, 5.74) is 11.3. The molecular weight excluding hydrogens is 551 g/mol. The summed E-state index contributed by atoms with van der Waals surface area (Å²) in [7, 11) is 0. The average Bonchev–Trinajstić information content (AvgIpc) is 3.75. The summed E-state index contributed by atoms with van der Waals surface area (Å²) >= 11 is 1.89. The van der Waals surface area contributed by atoms with Crippen LogP contribution >= 0.6 is 11.3 Å². The number of hydrogen-bond acceptors (Lipinski definition) is 1. The number of hydrogen-bond donors (Lipinski definition) is 0. The molecule has 0 aliphatic rings. The Morgan fingerprint density at radius 2 is 0.886 bits per heavy atom. The molecule has 0 fully saturated rings. The first kappa shape index (κ1) is 24.0. The standard InChI is InChI=1S/C42H25NS/c1-4-19-38-32(14-1)36-24-30(25-37-33-15-2-5-20-39(33)43(38)41(36)37)28-12-7-10-26(22-28)27-11-8-13-29(23-27)31-17-9-18-35-34-16-3-6-21-40(34)44-42(31)35/h1-25H. The van der Waals surface area contributed by atoms with Gasteiger partial charge < -0.3 is 4.40 Å². The average molecular weight is 576 g/mol. The van der Waals surface area contributed by atoms with Crippen LogP contribution in [0.3, 0.4) is 0 Å². The van der Waals surface area contributed by atoms with E-state index in [1.54, 1.807) is 0 Å². The van der Waals surface area contributed by atoms with Crippen molar-refractivity contribution in [1.29, 1.82) is 0 Å². The lowest BCUT2D eigenvalue weighted by atomic mass is 9.94. The molecule has 204 valence electrons. The third-order valence-electron chi connectivity index (χ3n) is 9.31. The molecule has 0 saturated heterocycles. The number of rotatable bonds is 3. The first-order chi connectivity index (χ1) is 21.8. The Balaban J connectivity index is 1.14. The van der Waals surface area contributed by atoms with E-state index in [0.29, 0.717) is 0 Å². The number of benzene rings is 7. The van der Waals surface area contributed by atoms with E-state index in [1.165, 1.54) is 91.6 Å². The van der Waals surface area contributed by atoms with Crippen molar-refractivity contribution < 1.29 is 0 Å². The van der Waals surface area contributed by atoms with Gasteiger partial charge in [-0.3, -0.25) is 0 Å². The summed E-state index contributed by atoms with van der Waals surface area (Å²) in [6.45, 7) is 0. The lowest BCUT2D eigenvalue weighted by Gasteiger charge is -2.10. The molecular formula is C42H25NS. The van der Waals surface area contributed by atoms with E-state index in [2.05, 4.69) is 156 Å². The Kier molecular flexibility index (Phi) is 4.94. The molecule has 0 N–H and O–H groups in total. The van der Waals surface area contributed by atoms with Crippen LogP contribution in [0.1, 0.15) is 0 Å². The molecule has 1 nitrogen and oxygen atoms in total. The number of para-hydroxylation sites is 2. The van der Waals surface area contributed by atoms with Gasteiger partial charge in [-0.15, -0.1) is 11.3 Å². The molecule has 3 aromatic heterocycles. The summed E-state index contributed by atoms with van der Waals surface area (Å²) in [6.07, 6.45) is 0. The summed E-state index contributed by atoms with van der Waals surface area (Å²) in [6, 6.07) is 55.9. The second kappa shape index (κ2) is 9.03. The largest absolute Gasteiger partial charge is 0.308 e. The van der Waals surface area contributed by atoms with Gasteiger partial charge in [0.25, 0.3) is 0 Å². The van der Waals surface area contributed by atoms with Crippen LogP contribution < -0.4 is 0 Å². The summed E-state index contributed by atoms with van der Waals surface area (Å²) in [5, 5.41) is 7.91. The highest BCUT2D eigenvalue weighted by Gasteiger charge is 2.18. The normalized spacial score (nSPS) is 12.1. The molecule has 0 radical (unpaired) electrons. The zero-order valence-corrected chi connectivity index (χ0v) is 24.6. The van der Waals surface area contributed by atoms with E-state index in [1.807, 2.05) is 11.3 Å². The van der Waals surface area contributed by atoms with Gasteiger partial charge in [0.2, 0.25) is 0 Å². The Morgan fingerprint density at radius 1 is 0.364 bits per heavy atom. The van der Waals surface area contributed by atoms with Crippen LogP contribution in [0.4, 0.5) is 0 Å². The van der Waals surface area contributed by atoms with Crippen molar-refractivity contribution in [2.75, 3.05) is 0 Å². The quantitative estimate of drug-likeness (QED) is 0.197. The van der Waals surface area contributed by atoms with Gasteiger partial charge in [-0.1, -0.05) is 109 Å². The smallest absolute Gasteiger partial charge is 0.0620 e. The van der Waals surface area contributed by atoms with Crippen LogP contribution in [-0.4, -0.2) is 4.40 Å². The van der Waals surface area contributed by atoms with Crippen LogP contribution in [0.25, 0.3) is 91.6 Å². The van der Waals surface area contributed by atoms with Gasteiger partial charge in [0.1, 0.15) is 0 Å². The summed E-state index contributed by atoms with van der Waals surface area (Å²) in [5.74, 6) is 0. The van der Waals surface area contributed by atoms with E-state index >= 15 is 0 Å². The van der Waals surface area contributed by atoms with Crippen molar-refractivity contribution >= 4 is 69.6 Å². The fourth-order valence-corrected chi connectivity index (χ4v) is 8.57. The van der Waals surface area contributed by atoms with Gasteiger partial charge in [0.15, 0.2) is 0 Å². The SMILES string of the molecule is c1cc(-c2cccc(-c3cccc4c3sc3ccccc34)c2)cc(-c2cc3c4ccccc4n4c5ccccc5c(c2)c34)c1. The Labute approximate surface area is 258 Å². The van der Waals surface area contributed by atoms with Gasteiger partial charge >= 0.3 is 0 Å². The highest BCUT2D eigenvalue weighted by Crippen LogP contribution is 2.43. The first-order valence-corrected chi connectivity index (χ1v) is 15.9. The second-order valence-corrected chi connectivity index (χ2v) is 12.8. The molecule has 0 unspecified atom stereocenters. The van der Waals surface area contributed by atoms with Crippen molar-refractivity contribution in [3.63, 3.8) is 0 Å². The molecule has 0 amide bonds. The Bertz CT molecular complexity index is 2640. The van der Waals surface area contributed by atoms with Crippen molar-refractivity contribution in [2.45, 2.75) is 0 Å².